The standard InChI is InChI=1S/C24H22NO4P/c1-28-22-9-10-24-23(15-22)21(11-12-25-24)14-18-3-2-4-20(13-18)19-7-5-17(6-8-19)16-29-30(26)27/h2-13,15,26-27H,14,16H2,1H3. The fraction of sp³-hybridized carbons (Fsp3) is 0.125. The van der Waals surface area contributed by atoms with E-state index >= 15 is 0 Å². The molecule has 0 spiro atoms. The second-order valence-electron chi connectivity index (χ2n) is 6.95. The molecule has 0 radical (unpaired) electrons. The van der Waals surface area contributed by atoms with Crippen molar-refractivity contribution in [3.05, 3.63) is 95.7 Å². The highest BCUT2D eigenvalue weighted by molar-refractivity contribution is 7.39. The van der Waals surface area contributed by atoms with Crippen LogP contribution < -0.4 is 4.74 Å². The number of nitrogens with zero attached hydrogens (tertiary/aromatic N) is 1. The summed E-state index contributed by atoms with van der Waals surface area (Å²) in [6.45, 7) is 0.178. The minimum atomic E-state index is -2.33. The van der Waals surface area contributed by atoms with Crippen LogP contribution in [0.5, 0.6) is 5.75 Å². The molecule has 4 rings (SSSR count). The van der Waals surface area contributed by atoms with Gasteiger partial charge in [0.2, 0.25) is 0 Å². The number of benzene rings is 3. The van der Waals surface area contributed by atoms with Gasteiger partial charge in [0.1, 0.15) is 5.75 Å². The number of ether oxygens (including phenoxy) is 1. The van der Waals surface area contributed by atoms with Crippen molar-refractivity contribution in [2.45, 2.75) is 13.0 Å². The third-order valence-corrected chi connectivity index (χ3v) is 5.35. The van der Waals surface area contributed by atoms with Crippen LogP contribution in [-0.2, 0) is 17.6 Å². The number of fused-ring (bicyclic) bond motifs is 1. The second-order valence-corrected chi connectivity index (χ2v) is 7.72. The number of hydrogen-bond donors (Lipinski definition) is 2. The molecule has 0 saturated carbocycles. The van der Waals surface area contributed by atoms with Crippen molar-refractivity contribution >= 4 is 19.5 Å². The van der Waals surface area contributed by atoms with E-state index in [4.69, 9.17) is 19.0 Å². The van der Waals surface area contributed by atoms with Gasteiger partial charge in [0.25, 0.3) is 0 Å². The van der Waals surface area contributed by atoms with Crippen LogP contribution in [0.25, 0.3) is 22.0 Å². The first-order valence-corrected chi connectivity index (χ1v) is 10.7. The predicted octanol–water partition coefficient (Wildman–Crippen LogP) is 5.23. The molecule has 3 aromatic carbocycles. The van der Waals surface area contributed by atoms with E-state index in [0.717, 1.165) is 39.8 Å². The van der Waals surface area contributed by atoms with Crippen LogP contribution in [0.1, 0.15) is 16.7 Å². The molecule has 0 amide bonds. The molecule has 0 aliphatic carbocycles. The Morgan fingerprint density at radius 2 is 1.70 bits per heavy atom. The van der Waals surface area contributed by atoms with Crippen molar-refractivity contribution in [2.24, 2.45) is 0 Å². The number of hydrogen-bond acceptors (Lipinski definition) is 5. The Morgan fingerprint density at radius 3 is 2.47 bits per heavy atom. The van der Waals surface area contributed by atoms with E-state index in [1.54, 1.807) is 7.11 Å². The molecule has 0 aliphatic rings. The summed E-state index contributed by atoms with van der Waals surface area (Å²) in [4.78, 5) is 22.2. The van der Waals surface area contributed by atoms with Crippen LogP contribution >= 0.6 is 8.60 Å². The predicted molar refractivity (Wildman–Crippen MR) is 119 cm³/mol. The topological polar surface area (TPSA) is 71.8 Å². The molecule has 0 bridgehead atoms. The Hall–Kier alpha value is -2.82. The van der Waals surface area contributed by atoms with E-state index in [-0.39, 0.29) is 6.61 Å². The lowest BCUT2D eigenvalue weighted by Crippen LogP contribution is -1.93. The molecule has 6 heteroatoms. The molecule has 0 fully saturated rings. The highest BCUT2D eigenvalue weighted by Gasteiger charge is 2.07. The van der Waals surface area contributed by atoms with Gasteiger partial charge in [-0.05, 0) is 58.5 Å². The molecule has 2 N–H and O–H groups in total. The Kier molecular flexibility index (Phi) is 6.36. The van der Waals surface area contributed by atoms with Gasteiger partial charge >= 0.3 is 8.60 Å². The summed E-state index contributed by atoms with van der Waals surface area (Å²) in [5, 5.41) is 1.10. The zero-order valence-electron chi connectivity index (χ0n) is 16.5. The van der Waals surface area contributed by atoms with E-state index in [9.17, 15) is 0 Å². The van der Waals surface area contributed by atoms with Gasteiger partial charge in [-0.15, -0.1) is 0 Å². The summed E-state index contributed by atoms with van der Waals surface area (Å²) in [6, 6.07) is 24.4. The van der Waals surface area contributed by atoms with Crippen molar-refractivity contribution < 1.29 is 19.0 Å². The summed E-state index contributed by atoms with van der Waals surface area (Å²) in [6.07, 6.45) is 2.64. The zero-order valence-corrected chi connectivity index (χ0v) is 17.4. The van der Waals surface area contributed by atoms with Gasteiger partial charge in [-0.1, -0.05) is 48.5 Å². The van der Waals surface area contributed by atoms with Crippen molar-refractivity contribution in [2.75, 3.05) is 7.11 Å². The molecule has 5 nitrogen and oxygen atoms in total. The zero-order chi connectivity index (χ0) is 20.9. The number of rotatable bonds is 7. The number of aromatic nitrogens is 1. The fourth-order valence-electron chi connectivity index (χ4n) is 3.47. The minimum absolute atomic E-state index is 0.178. The van der Waals surface area contributed by atoms with Crippen molar-refractivity contribution in [1.29, 1.82) is 0 Å². The summed E-state index contributed by atoms with van der Waals surface area (Å²) in [7, 11) is -0.661. The van der Waals surface area contributed by atoms with E-state index in [2.05, 4.69) is 35.3 Å². The van der Waals surface area contributed by atoms with Gasteiger partial charge < -0.3 is 19.0 Å². The maximum atomic E-state index is 8.88. The van der Waals surface area contributed by atoms with Crippen molar-refractivity contribution in [3.8, 4) is 16.9 Å². The Balaban J connectivity index is 1.58. The molecule has 1 aromatic heterocycles. The minimum Gasteiger partial charge on any atom is -0.497 e. The van der Waals surface area contributed by atoms with E-state index in [1.165, 1.54) is 11.1 Å². The number of pyridine rings is 1. The lowest BCUT2D eigenvalue weighted by molar-refractivity contribution is 0.246. The van der Waals surface area contributed by atoms with Crippen molar-refractivity contribution in [3.63, 3.8) is 0 Å². The monoisotopic (exact) mass is 419 g/mol. The maximum Gasteiger partial charge on any atom is 0.327 e. The Bertz CT molecular complexity index is 1150. The van der Waals surface area contributed by atoms with E-state index in [0.29, 0.717) is 0 Å². The third kappa shape index (κ3) is 4.84. The van der Waals surface area contributed by atoms with Gasteiger partial charge in [0.15, 0.2) is 0 Å². The smallest absolute Gasteiger partial charge is 0.327 e. The largest absolute Gasteiger partial charge is 0.497 e. The van der Waals surface area contributed by atoms with Gasteiger partial charge in [0.05, 0.1) is 19.2 Å². The first-order valence-electron chi connectivity index (χ1n) is 9.53. The molecular formula is C24H22NO4P. The third-order valence-electron chi connectivity index (χ3n) is 4.99. The molecular weight excluding hydrogens is 397 g/mol. The van der Waals surface area contributed by atoms with E-state index < -0.39 is 8.60 Å². The van der Waals surface area contributed by atoms with Crippen LogP contribution in [0.4, 0.5) is 0 Å². The maximum absolute atomic E-state index is 8.88. The molecule has 1 heterocycles. The van der Waals surface area contributed by atoms with Crippen LogP contribution in [-0.4, -0.2) is 21.9 Å². The second kappa shape index (κ2) is 9.33. The van der Waals surface area contributed by atoms with E-state index in [1.807, 2.05) is 48.7 Å². The Labute approximate surface area is 176 Å². The van der Waals surface area contributed by atoms with Gasteiger partial charge in [-0.25, -0.2) is 0 Å². The summed E-state index contributed by atoms with van der Waals surface area (Å²) in [5.74, 6) is 0.824. The summed E-state index contributed by atoms with van der Waals surface area (Å²) >= 11 is 0. The first-order chi connectivity index (χ1) is 14.6. The quantitative estimate of drug-likeness (QED) is 0.402. The normalized spacial score (nSPS) is 11.2. The van der Waals surface area contributed by atoms with Gasteiger partial charge in [-0.2, -0.15) is 0 Å². The SMILES string of the molecule is COc1ccc2nccc(Cc3cccc(-c4ccc(COP(O)O)cc4)c3)c2c1. The molecule has 152 valence electrons. The lowest BCUT2D eigenvalue weighted by atomic mass is 9.97. The molecule has 4 aromatic rings. The van der Waals surface area contributed by atoms with Crippen LogP contribution in [0.15, 0.2) is 79.0 Å². The molecule has 0 aliphatic heterocycles. The lowest BCUT2D eigenvalue weighted by Gasteiger charge is -2.10. The fourth-order valence-corrected chi connectivity index (χ4v) is 3.73. The average Bonchev–Trinajstić information content (AvgIpc) is 2.78. The van der Waals surface area contributed by atoms with Crippen LogP contribution in [0.3, 0.4) is 0 Å². The van der Waals surface area contributed by atoms with Crippen molar-refractivity contribution in [1.82, 2.24) is 4.98 Å². The van der Waals surface area contributed by atoms with Gasteiger partial charge in [-0.3, -0.25) is 4.98 Å². The van der Waals surface area contributed by atoms with Gasteiger partial charge in [0, 0.05) is 11.6 Å². The highest BCUT2D eigenvalue weighted by Crippen LogP contribution is 2.28. The number of methoxy groups -OCH3 is 1. The molecule has 0 unspecified atom stereocenters. The highest BCUT2D eigenvalue weighted by atomic mass is 31.2. The summed E-state index contributed by atoms with van der Waals surface area (Å²) in [5.41, 5.74) is 6.48. The molecule has 0 atom stereocenters. The Morgan fingerprint density at radius 1 is 0.867 bits per heavy atom. The van der Waals surface area contributed by atoms with Crippen LogP contribution in [0, 0.1) is 0 Å². The first kappa shape index (κ1) is 20.5. The molecule has 0 saturated heterocycles. The average molecular weight is 419 g/mol. The summed E-state index contributed by atoms with van der Waals surface area (Å²) < 4.78 is 10.3. The van der Waals surface area contributed by atoms with Crippen LogP contribution in [0.2, 0.25) is 0 Å². The molecule has 30 heavy (non-hydrogen) atoms.